The molecule has 4 rings (SSSR count). The molecule has 0 N–H and O–H groups in total. The molecule has 5 heteroatoms. The van der Waals surface area contributed by atoms with Gasteiger partial charge in [-0.3, -0.25) is 9.69 Å². The number of aromatic nitrogens is 1. The summed E-state index contributed by atoms with van der Waals surface area (Å²) in [5.74, 6) is 1.44. The zero-order valence-electron chi connectivity index (χ0n) is 18.7. The predicted molar refractivity (Wildman–Crippen MR) is 118 cm³/mol. The van der Waals surface area contributed by atoms with Crippen LogP contribution in [0, 0.1) is 17.3 Å². The number of fused-ring (bicyclic) bond motifs is 1. The predicted octanol–water partition coefficient (Wildman–Crippen LogP) is 4.82. The zero-order chi connectivity index (χ0) is 21.3. The van der Waals surface area contributed by atoms with Gasteiger partial charge in [0.2, 0.25) is 5.88 Å². The number of rotatable bonds is 5. The van der Waals surface area contributed by atoms with E-state index in [0.29, 0.717) is 5.41 Å². The SMILES string of the molecule is COC(=O)C1CN(Cc2ccc3nc(OC4CCC(C(C)(C)C)CC4)ccc3c2)C1. The van der Waals surface area contributed by atoms with Crippen molar-refractivity contribution in [1.29, 1.82) is 0 Å². The van der Waals surface area contributed by atoms with Crippen molar-refractivity contribution in [2.45, 2.75) is 59.1 Å². The first-order valence-corrected chi connectivity index (χ1v) is 11.2. The van der Waals surface area contributed by atoms with Crippen LogP contribution in [-0.4, -0.2) is 42.2 Å². The topological polar surface area (TPSA) is 51.7 Å². The fourth-order valence-corrected chi connectivity index (χ4v) is 4.81. The molecule has 2 heterocycles. The average molecular weight is 411 g/mol. The molecular weight excluding hydrogens is 376 g/mol. The summed E-state index contributed by atoms with van der Waals surface area (Å²) < 4.78 is 11.0. The molecule has 1 aromatic carbocycles. The van der Waals surface area contributed by atoms with Crippen molar-refractivity contribution in [3.63, 3.8) is 0 Å². The van der Waals surface area contributed by atoms with E-state index in [9.17, 15) is 4.79 Å². The molecule has 1 saturated carbocycles. The molecule has 1 aliphatic carbocycles. The number of esters is 1. The molecule has 1 aliphatic heterocycles. The summed E-state index contributed by atoms with van der Waals surface area (Å²) in [6.45, 7) is 9.42. The lowest BCUT2D eigenvalue weighted by Gasteiger charge is -2.37. The highest BCUT2D eigenvalue weighted by Gasteiger charge is 2.33. The van der Waals surface area contributed by atoms with Crippen LogP contribution in [0.4, 0.5) is 0 Å². The molecule has 2 fully saturated rings. The number of likely N-dealkylation sites (tertiary alicyclic amines) is 1. The van der Waals surface area contributed by atoms with E-state index < -0.39 is 0 Å². The van der Waals surface area contributed by atoms with E-state index in [1.54, 1.807) is 0 Å². The van der Waals surface area contributed by atoms with Crippen LogP contribution < -0.4 is 4.74 Å². The van der Waals surface area contributed by atoms with Crippen LogP contribution in [0.25, 0.3) is 10.9 Å². The minimum absolute atomic E-state index is 0.0234. The Morgan fingerprint density at radius 3 is 2.50 bits per heavy atom. The molecule has 1 saturated heterocycles. The van der Waals surface area contributed by atoms with Crippen LogP contribution in [0.1, 0.15) is 52.0 Å². The Kier molecular flexibility index (Phi) is 6.01. The molecule has 2 aromatic rings. The van der Waals surface area contributed by atoms with Crippen LogP contribution >= 0.6 is 0 Å². The van der Waals surface area contributed by atoms with E-state index in [-0.39, 0.29) is 18.0 Å². The van der Waals surface area contributed by atoms with Gasteiger partial charge in [-0.2, -0.15) is 0 Å². The van der Waals surface area contributed by atoms with Gasteiger partial charge in [0, 0.05) is 31.1 Å². The van der Waals surface area contributed by atoms with Crippen molar-refractivity contribution >= 4 is 16.9 Å². The van der Waals surface area contributed by atoms with Crippen LogP contribution in [-0.2, 0) is 16.1 Å². The maximum absolute atomic E-state index is 11.5. The number of ether oxygens (including phenoxy) is 2. The maximum Gasteiger partial charge on any atom is 0.311 e. The van der Waals surface area contributed by atoms with Gasteiger partial charge in [-0.25, -0.2) is 4.98 Å². The molecule has 0 unspecified atom stereocenters. The normalized spacial score (nSPS) is 23.2. The Balaban J connectivity index is 1.33. The first kappa shape index (κ1) is 21.1. The summed E-state index contributed by atoms with van der Waals surface area (Å²) in [6.07, 6.45) is 4.98. The standard InChI is InChI=1S/C25H34N2O3/c1-25(2,3)20-7-9-21(10-8-20)30-23-12-6-18-13-17(5-11-22(18)26-23)14-27-15-19(16-27)24(28)29-4/h5-6,11-13,19-21H,7-10,14-16H2,1-4H3. The Bertz CT molecular complexity index is 891. The number of hydrogen-bond acceptors (Lipinski definition) is 5. The zero-order valence-corrected chi connectivity index (χ0v) is 18.7. The van der Waals surface area contributed by atoms with E-state index in [1.807, 2.05) is 6.07 Å². The van der Waals surface area contributed by atoms with Gasteiger partial charge in [-0.15, -0.1) is 0 Å². The summed E-state index contributed by atoms with van der Waals surface area (Å²) in [5, 5.41) is 1.13. The number of benzene rings is 1. The molecule has 0 atom stereocenters. The van der Waals surface area contributed by atoms with Gasteiger partial charge in [-0.05, 0) is 60.8 Å². The number of methoxy groups -OCH3 is 1. The summed E-state index contributed by atoms with van der Waals surface area (Å²) in [5.41, 5.74) is 2.60. The molecule has 2 aliphatic rings. The van der Waals surface area contributed by atoms with E-state index in [4.69, 9.17) is 14.5 Å². The average Bonchev–Trinajstić information content (AvgIpc) is 2.69. The van der Waals surface area contributed by atoms with Crippen molar-refractivity contribution in [3.05, 3.63) is 35.9 Å². The van der Waals surface area contributed by atoms with Crippen LogP contribution in [0.3, 0.4) is 0 Å². The molecular formula is C25H34N2O3. The lowest BCUT2D eigenvalue weighted by molar-refractivity contribution is -0.151. The first-order chi connectivity index (χ1) is 14.3. The Morgan fingerprint density at radius 2 is 1.83 bits per heavy atom. The second-order valence-corrected chi connectivity index (χ2v) is 10.0. The molecule has 0 radical (unpaired) electrons. The van der Waals surface area contributed by atoms with Crippen molar-refractivity contribution in [3.8, 4) is 5.88 Å². The van der Waals surface area contributed by atoms with Gasteiger partial charge < -0.3 is 9.47 Å². The first-order valence-electron chi connectivity index (χ1n) is 11.2. The molecule has 0 bridgehead atoms. The number of hydrogen-bond donors (Lipinski definition) is 0. The van der Waals surface area contributed by atoms with Crippen molar-refractivity contribution < 1.29 is 14.3 Å². The molecule has 30 heavy (non-hydrogen) atoms. The lowest BCUT2D eigenvalue weighted by atomic mass is 9.72. The highest BCUT2D eigenvalue weighted by molar-refractivity contribution is 5.80. The number of nitrogens with zero attached hydrogens (tertiary/aromatic N) is 2. The summed E-state index contributed by atoms with van der Waals surface area (Å²) >= 11 is 0. The quantitative estimate of drug-likeness (QED) is 0.661. The molecule has 5 nitrogen and oxygen atoms in total. The van der Waals surface area contributed by atoms with Crippen LogP contribution in [0.5, 0.6) is 5.88 Å². The smallest absolute Gasteiger partial charge is 0.311 e. The van der Waals surface area contributed by atoms with E-state index in [2.05, 4.69) is 49.9 Å². The monoisotopic (exact) mass is 410 g/mol. The highest BCUT2D eigenvalue weighted by atomic mass is 16.5. The van der Waals surface area contributed by atoms with Crippen molar-refractivity contribution in [2.24, 2.45) is 17.3 Å². The Labute approximate surface area is 179 Å². The molecule has 162 valence electrons. The van der Waals surface area contributed by atoms with E-state index >= 15 is 0 Å². The van der Waals surface area contributed by atoms with Crippen LogP contribution in [0.2, 0.25) is 0 Å². The number of carbonyl (C=O) groups is 1. The van der Waals surface area contributed by atoms with Gasteiger partial charge in [-0.1, -0.05) is 26.8 Å². The minimum atomic E-state index is -0.103. The minimum Gasteiger partial charge on any atom is -0.474 e. The third-order valence-electron chi connectivity index (χ3n) is 6.81. The fourth-order valence-electron chi connectivity index (χ4n) is 4.81. The summed E-state index contributed by atoms with van der Waals surface area (Å²) in [6, 6.07) is 10.5. The van der Waals surface area contributed by atoms with Crippen LogP contribution in [0.15, 0.2) is 30.3 Å². The number of carbonyl (C=O) groups excluding carboxylic acids is 1. The molecule has 0 spiro atoms. The van der Waals surface area contributed by atoms with Crippen molar-refractivity contribution in [1.82, 2.24) is 9.88 Å². The largest absolute Gasteiger partial charge is 0.474 e. The summed E-state index contributed by atoms with van der Waals surface area (Å²) in [4.78, 5) is 18.5. The highest BCUT2D eigenvalue weighted by Crippen LogP contribution is 2.38. The lowest BCUT2D eigenvalue weighted by Crippen LogP contribution is -2.49. The second kappa shape index (κ2) is 8.54. The Morgan fingerprint density at radius 1 is 1.10 bits per heavy atom. The maximum atomic E-state index is 11.5. The van der Waals surface area contributed by atoms with Crippen molar-refractivity contribution in [2.75, 3.05) is 20.2 Å². The third-order valence-corrected chi connectivity index (χ3v) is 6.81. The molecule has 1 aromatic heterocycles. The number of pyridine rings is 1. The van der Waals surface area contributed by atoms with Gasteiger partial charge in [0.1, 0.15) is 6.10 Å². The third kappa shape index (κ3) is 4.77. The van der Waals surface area contributed by atoms with E-state index in [1.165, 1.54) is 25.5 Å². The van der Waals surface area contributed by atoms with E-state index in [0.717, 1.165) is 55.2 Å². The fraction of sp³-hybridized carbons (Fsp3) is 0.600. The van der Waals surface area contributed by atoms with Gasteiger partial charge in [0.05, 0.1) is 18.5 Å². The van der Waals surface area contributed by atoms with Gasteiger partial charge >= 0.3 is 5.97 Å². The van der Waals surface area contributed by atoms with Gasteiger partial charge in [0.15, 0.2) is 0 Å². The second-order valence-electron chi connectivity index (χ2n) is 10.0. The summed E-state index contributed by atoms with van der Waals surface area (Å²) in [7, 11) is 1.45. The molecule has 0 amide bonds. The van der Waals surface area contributed by atoms with Gasteiger partial charge in [0.25, 0.3) is 0 Å². The Hall–Kier alpha value is -2.14.